The lowest BCUT2D eigenvalue weighted by Gasteiger charge is -2.35. The smallest absolute Gasteiger partial charge is 0.0540 e. The number of hydrogen-bond donors (Lipinski definition) is 1. The molecule has 0 saturated heterocycles. The Labute approximate surface area is 133 Å². The van der Waals surface area contributed by atoms with E-state index in [1.54, 1.807) is 0 Å². The minimum absolute atomic E-state index is 0.00593. The zero-order valence-corrected chi connectivity index (χ0v) is 15.3. The second kappa shape index (κ2) is 7.81. The van der Waals surface area contributed by atoms with Crippen molar-refractivity contribution in [1.29, 1.82) is 0 Å². The minimum Gasteiger partial charge on any atom is -0.393 e. The summed E-state index contributed by atoms with van der Waals surface area (Å²) in [6.45, 7) is 13.9. The van der Waals surface area contributed by atoms with Gasteiger partial charge >= 0.3 is 0 Å². The normalized spacial score (nSPS) is 30.5. The van der Waals surface area contributed by atoms with Crippen LogP contribution in [0.5, 0.6) is 0 Å². The van der Waals surface area contributed by atoms with E-state index < -0.39 is 0 Å². The van der Waals surface area contributed by atoms with E-state index in [4.69, 9.17) is 0 Å². The largest absolute Gasteiger partial charge is 0.393 e. The van der Waals surface area contributed by atoms with E-state index in [-0.39, 0.29) is 6.10 Å². The number of aliphatic hydroxyl groups is 1. The van der Waals surface area contributed by atoms with Gasteiger partial charge in [0.2, 0.25) is 0 Å². The van der Waals surface area contributed by atoms with Gasteiger partial charge in [0.1, 0.15) is 0 Å². The fraction of sp³-hybridized carbons (Fsp3) is 0.900. The average Bonchev–Trinajstić information content (AvgIpc) is 2.39. The lowest BCUT2D eigenvalue weighted by Crippen LogP contribution is -2.27. The molecule has 21 heavy (non-hydrogen) atoms. The fourth-order valence-electron chi connectivity index (χ4n) is 3.52. The molecular formula is C20H38O. The molecule has 0 spiro atoms. The van der Waals surface area contributed by atoms with Crippen molar-refractivity contribution in [3.63, 3.8) is 0 Å². The summed E-state index contributed by atoms with van der Waals surface area (Å²) in [5, 5.41) is 9.29. The highest BCUT2D eigenvalue weighted by Crippen LogP contribution is 2.37. The Kier molecular flexibility index (Phi) is 6.97. The zero-order valence-electron chi connectivity index (χ0n) is 15.3. The SMILES string of the molecule is CC(C)(C)C1CC=CCC1.CC(C)(C)C1CCC(O)CC1. The molecule has 0 heterocycles. The van der Waals surface area contributed by atoms with Gasteiger partial charge in [-0.3, -0.25) is 0 Å². The molecule has 1 unspecified atom stereocenters. The van der Waals surface area contributed by atoms with E-state index in [1.807, 2.05) is 0 Å². The van der Waals surface area contributed by atoms with Crippen LogP contribution in [0, 0.1) is 22.7 Å². The Hall–Kier alpha value is -0.300. The summed E-state index contributed by atoms with van der Waals surface area (Å²) in [5.41, 5.74) is 0.963. The standard InChI is InChI=1S/C10H20O.C10H18/c1-10(2,3)8-4-6-9(11)7-5-8;1-10(2,3)9-7-5-4-6-8-9/h8-9,11H,4-7H2,1-3H3;4-5,9H,6-8H2,1-3H3. The molecule has 0 bridgehead atoms. The summed E-state index contributed by atoms with van der Waals surface area (Å²) in [5.74, 6) is 1.74. The third-order valence-corrected chi connectivity index (χ3v) is 5.42. The number of allylic oxidation sites excluding steroid dienone is 2. The molecule has 0 amide bonds. The van der Waals surface area contributed by atoms with Gasteiger partial charge in [-0.15, -0.1) is 0 Å². The molecule has 1 nitrogen and oxygen atoms in total. The molecule has 0 aromatic carbocycles. The first-order valence-electron chi connectivity index (χ1n) is 8.93. The number of aliphatic hydroxyl groups excluding tert-OH is 1. The van der Waals surface area contributed by atoms with Crippen LogP contribution >= 0.6 is 0 Å². The molecule has 1 N–H and O–H groups in total. The molecule has 0 aromatic heterocycles. The van der Waals surface area contributed by atoms with Gasteiger partial charge in [-0.1, -0.05) is 53.7 Å². The second-order valence-electron chi connectivity index (χ2n) is 9.22. The highest BCUT2D eigenvalue weighted by molar-refractivity contribution is 4.93. The Morgan fingerprint density at radius 3 is 1.57 bits per heavy atom. The third kappa shape index (κ3) is 7.00. The van der Waals surface area contributed by atoms with Crippen LogP contribution in [0.2, 0.25) is 0 Å². The number of rotatable bonds is 0. The van der Waals surface area contributed by atoms with Crippen LogP contribution in [0.15, 0.2) is 12.2 Å². The Morgan fingerprint density at radius 2 is 1.24 bits per heavy atom. The monoisotopic (exact) mass is 294 g/mol. The second-order valence-corrected chi connectivity index (χ2v) is 9.22. The van der Waals surface area contributed by atoms with Crippen LogP contribution < -0.4 is 0 Å². The van der Waals surface area contributed by atoms with Crippen LogP contribution in [-0.2, 0) is 0 Å². The van der Waals surface area contributed by atoms with Gasteiger partial charge in [0.25, 0.3) is 0 Å². The minimum atomic E-state index is -0.00593. The first-order chi connectivity index (χ1) is 9.60. The predicted octanol–water partition coefficient (Wildman–Crippen LogP) is 5.97. The van der Waals surface area contributed by atoms with Gasteiger partial charge < -0.3 is 5.11 Å². The van der Waals surface area contributed by atoms with Crippen molar-refractivity contribution in [3.05, 3.63) is 12.2 Å². The van der Waals surface area contributed by atoms with Gasteiger partial charge in [-0.05, 0) is 67.6 Å². The lowest BCUT2D eigenvalue weighted by atomic mass is 9.72. The van der Waals surface area contributed by atoms with Crippen molar-refractivity contribution in [2.45, 2.75) is 92.6 Å². The van der Waals surface area contributed by atoms with E-state index in [9.17, 15) is 5.11 Å². The highest BCUT2D eigenvalue weighted by atomic mass is 16.3. The van der Waals surface area contributed by atoms with Gasteiger partial charge in [0.05, 0.1) is 6.10 Å². The van der Waals surface area contributed by atoms with Crippen molar-refractivity contribution in [2.75, 3.05) is 0 Å². The molecule has 1 heteroatoms. The molecule has 1 fully saturated rings. The van der Waals surface area contributed by atoms with E-state index >= 15 is 0 Å². The maximum absolute atomic E-state index is 9.29. The van der Waals surface area contributed by atoms with Crippen LogP contribution in [0.25, 0.3) is 0 Å². The molecular weight excluding hydrogens is 256 g/mol. The van der Waals surface area contributed by atoms with Crippen LogP contribution in [0.1, 0.15) is 86.5 Å². The highest BCUT2D eigenvalue weighted by Gasteiger charge is 2.28. The summed E-state index contributed by atoms with van der Waals surface area (Å²) in [7, 11) is 0. The maximum atomic E-state index is 9.29. The molecule has 1 atom stereocenters. The summed E-state index contributed by atoms with van der Waals surface area (Å²) in [6, 6.07) is 0. The fourth-order valence-corrected chi connectivity index (χ4v) is 3.52. The van der Waals surface area contributed by atoms with Gasteiger partial charge in [0.15, 0.2) is 0 Å². The van der Waals surface area contributed by atoms with Crippen molar-refractivity contribution in [3.8, 4) is 0 Å². The summed E-state index contributed by atoms with van der Waals surface area (Å²) >= 11 is 0. The van der Waals surface area contributed by atoms with Crippen LogP contribution in [-0.4, -0.2) is 11.2 Å². The molecule has 2 rings (SSSR count). The Balaban J connectivity index is 0.000000211. The van der Waals surface area contributed by atoms with E-state index in [1.165, 1.54) is 32.1 Å². The predicted molar refractivity (Wildman–Crippen MR) is 93.4 cm³/mol. The third-order valence-electron chi connectivity index (χ3n) is 5.42. The average molecular weight is 295 g/mol. The number of hydrogen-bond acceptors (Lipinski definition) is 1. The first-order valence-corrected chi connectivity index (χ1v) is 8.93. The summed E-state index contributed by atoms with van der Waals surface area (Å²) in [6.07, 6.45) is 13.1. The molecule has 0 aliphatic heterocycles. The first kappa shape index (κ1) is 18.7. The van der Waals surface area contributed by atoms with Crippen LogP contribution in [0.4, 0.5) is 0 Å². The van der Waals surface area contributed by atoms with Crippen molar-refractivity contribution in [1.82, 2.24) is 0 Å². The molecule has 0 aromatic rings. The van der Waals surface area contributed by atoms with E-state index in [0.717, 1.165) is 24.7 Å². The lowest BCUT2D eigenvalue weighted by molar-refractivity contribution is 0.0725. The summed E-state index contributed by atoms with van der Waals surface area (Å²) in [4.78, 5) is 0. The van der Waals surface area contributed by atoms with E-state index in [2.05, 4.69) is 53.7 Å². The molecule has 2 aliphatic rings. The quantitative estimate of drug-likeness (QED) is 0.545. The Morgan fingerprint density at radius 1 is 0.714 bits per heavy atom. The summed E-state index contributed by atoms with van der Waals surface area (Å²) < 4.78 is 0. The van der Waals surface area contributed by atoms with Gasteiger partial charge in [-0.2, -0.15) is 0 Å². The van der Waals surface area contributed by atoms with Gasteiger partial charge in [0, 0.05) is 0 Å². The van der Waals surface area contributed by atoms with Crippen molar-refractivity contribution in [2.24, 2.45) is 22.7 Å². The van der Waals surface area contributed by atoms with E-state index in [0.29, 0.717) is 10.8 Å². The molecule has 0 radical (unpaired) electrons. The zero-order chi connectivity index (χ0) is 16.1. The Bertz CT molecular complexity index is 308. The molecule has 124 valence electrons. The van der Waals surface area contributed by atoms with Crippen molar-refractivity contribution < 1.29 is 5.11 Å². The maximum Gasteiger partial charge on any atom is 0.0540 e. The topological polar surface area (TPSA) is 20.2 Å². The van der Waals surface area contributed by atoms with Gasteiger partial charge in [-0.25, -0.2) is 0 Å². The van der Waals surface area contributed by atoms with Crippen molar-refractivity contribution >= 4 is 0 Å². The van der Waals surface area contributed by atoms with Crippen LogP contribution in [0.3, 0.4) is 0 Å². The molecule has 1 saturated carbocycles. The molecule has 2 aliphatic carbocycles.